The van der Waals surface area contributed by atoms with Gasteiger partial charge in [0, 0.05) is 36.1 Å². The van der Waals surface area contributed by atoms with E-state index in [2.05, 4.69) is 38.9 Å². The van der Waals surface area contributed by atoms with Crippen molar-refractivity contribution in [3.63, 3.8) is 0 Å². The highest BCUT2D eigenvalue weighted by atomic mass is 79.9. The molecule has 0 saturated carbocycles. The quantitative estimate of drug-likeness (QED) is 0.868. The number of hydrogen-bond acceptors (Lipinski definition) is 3. The average molecular weight is 316 g/mol. The first-order valence-electron chi connectivity index (χ1n) is 6.00. The predicted molar refractivity (Wildman–Crippen MR) is 80.1 cm³/mol. The van der Waals surface area contributed by atoms with Gasteiger partial charge in [-0.25, -0.2) is 0 Å². The van der Waals surface area contributed by atoms with Crippen LogP contribution < -0.4 is 4.90 Å². The molecular formula is C15H14BrN3. The summed E-state index contributed by atoms with van der Waals surface area (Å²) < 4.78 is 0.836. The lowest BCUT2D eigenvalue weighted by atomic mass is 10.1. The number of pyridine rings is 1. The topological polar surface area (TPSA) is 39.9 Å². The maximum Gasteiger partial charge on any atom is 0.100 e. The highest BCUT2D eigenvalue weighted by Crippen LogP contribution is 2.23. The van der Waals surface area contributed by atoms with E-state index in [9.17, 15) is 0 Å². The Morgan fingerprint density at radius 1 is 1.26 bits per heavy atom. The standard InChI is InChI=1S/C15H14BrN3/c1-19(9-6-12-4-7-18-8-5-12)14-3-2-13(11-17)15(16)10-14/h2-5,7-8,10H,6,9H2,1H3. The number of nitriles is 1. The van der Waals surface area contributed by atoms with Crippen molar-refractivity contribution in [2.45, 2.75) is 6.42 Å². The van der Waals surface area contributed by atoms with E-state index in [0.717, 1.165) is 23.1 Å². The van der Waals surface area contributed by atoms with Gasteiger partial charge < -0.3 is 4.90 Å². The molecule has 1 aromatic heterocycles. The van der Waals surface area contributed by atoms with Gasteiger partial charge in [-0.05, 0) is 58.2 Å². The van der Waals surface area contributed by atoms with Crippen LogP contribution in [0, 0.1) is 11.3 Å². The lowest BCUT2D eigenvalue weighted by Crippen LogP contribution is -2.20. The first-order valence-corrected chi connectivity index (χ1v) is 6.79. The number of anilines is 1. The molecule has 96 valence electrons. The van der Waals surface area contributed by atoms with E-state index in [-0.39, 0.29) is 0 Å². The van der Waals surface area contributed by atoms with Crippen molar-refractivity contribution in [1.82, 2.24) is 4.98 Å². The van der Waals surface area contributed by atoms with Gasteiger partial charge in [-0.3, -0.25) is 4.98 Å². The van der Waals surface area contributed by atoms with Crippen LogP contribution in [0.5, 0.6) is 0 Å². The fourth-order valence-electron chi connectivity index (χ4n) is 1.81. The Labute approximate surface area is 121 Å². The third kappa shape index (κ3) is 3.55. The minimum Gasteiger partial charge on any atom is -0.374 e. The van der Waals surface area contributed by atoms with Crippen molar-refractivity contribution in [3.8, 4) is 6.07 Å². The van der Waals surface area contributed by atoms with Crippen LogP contribution in [0.15, 0.2) is 47.2 Å². The number of hydrogen-bond donors (Lipinski definition) is 0. The number of rotatable bonds is 4. The van der Waals surface area contributed by atoms with Gasteiger partial charge in [0.1, 0.15) is 6.07 Å². The van der Waals surface area contributed by atoms with Crippen LogP contribution in [0.2, 0.25) is 0 Å². The van der Waals surface area contributed by atoms with E-state index >= 15 is 0 Å². The van der Waals surface area contributed by atoms with Crippen LogP contribution in [0.1, 0.15) is 11.1 Å². The summed E-state index contributed by atoms with van der Waals surface area (Å²) in [6, 6.07) is 12.0. The Bertz CT molecular complexity index is 590. The largest absolute Gasteiger partial charge is 0.374 e. The average Bonchev–Trinajstić information content (AvgIpc) is 2.45. The van der Waals surface area contributed by atoms with Crippen LogP contribution in [0.25, 0.3) is 0 Å². The Kier molecular flexibility index (Phi) is 4.53. The van der Waals surface area contributed by atoms with E-state index in [0.29, 0.717) is 5.56 Å². The summed E-state index contributed by atoms with van der Waals surface area (Å²) in [6.07, 6.45) is 4.60. The smallest absolute Gasteiger partial charge is 0.100 e. The second-order valence-corrected chi connectivity index (χ2v) is 5.16. The molecule has 0 amide bonds. The maximum atomic E-state index is 8.90. The molecule has 0 fully saturated rings. The maximum absolute atomic E-state index is 8.90. The second kappa shape index (κ2) is 6.35. The lowest BCUT2D eigenvalue weighted by molar-refractivity contribution is 0.874. The lowest BCUT2D eigenvalue weighted by Gasteiger charge is -2.19. The third-order valence-electron chi connectivity index (χ3n) is 3.00. The molecule has 0 radical (unpaired) electrons. The van der Waals surface area contributed by atoms with Crippen LogP contribution in [-0.4, -0.2) is 18.6 Å². The number of aromatic nitrogens is 1. The van der Waals surface area contributed by atoms with E-state index in [1.54, 1.807) is 0 Å². The first-order chi connectivity index (χ1) is 9.20. The van der Waals surface area contributed by atoms with Crippen molar-refractivity contribution in [2.24, 2.45) is 0 Å². The minimum atomic E-state index is 0.659. The Hall–Kier alpha value is -1.86. The van der Waals surface area contributed by atoms with Crippen molar-refractivity contribution in [1.29, 1.82) is 5.26 Å². The van der Waals surface area contributed by atoms with Gasteiger partial charge in [-0.1, -0.05) is 0 Å². The molecular weight excluding hydrogens is 302 g/mol. The Balaban J connectivity index is 2.02. The van der Waals surface area contributed by atoms with Gasteiger partial charge >= 0.3 is 0 Å². The molecule has 0 atom stereocenters. The normalized spacial score (nSPS) is 9.95. The van der Waals surface area contributed by atoms with Crippen molar-refractivity contribution >= 4 is 21.6 Å². The summed E-state index contributed by atoms with van der Waals surface area (Å²) in [4.78, 5) is 6.18. The summed E-state index contributed by atoms with van der Waals surface area (Å²) in [5.41, 5.74) is 3.03. The fraction of sp³-hybridized carbons (Fsp3) is 0.200. The van der Waals surface area contributed by atoms with Crippen LogP contribution >= 0.6 is 15.9 Å². The molecule has 0 spiro atoms. The molecule has 0 aliphatic rings. The molecule has 2 rings (SSSR count). The number of benzene rings is 1. The van der Waals surface area contributed by atoms with Crippen molar-refractivity contribution in [2.75, 3.05) is 18.5 Å². The van der Waals surface area contributed by atoms with E-state index in [1.807, 2.05) is 42.7 Å². The summed E-state index contributed by atoms with van der Waals surface area (Å²) in [6.45, 7) is 0.919. The molecule has 19 heavy (non-hydrogen) atoms. The minimum absolute atomic E-state index is 0.659. The Morgan fingerprint density at radius 3 is 2.63 bits per heavy atom. The zero-order valence-corrected chi connectivity index (χ0v) is 12.3. The predicted octanol–water partition coefficient (Wildman–Crippen LogP) is 3.39. The van der Waals surface area contributed by atoms with E-state index in [1.165, 1.54) is 5.56 Å². The molecule has 0 saturated heterocycles. The zero-order valence-electron chi connectivity index (χ0n) is 10.7. The van der Waals surface area contributed by atoms with Crippen molar-refractivity contribution in [3.05, 3.63) is 58.3 Å². The summed E-state index contributed by atoms with van der Waals surface area (Å²) in [5.74, 6) is 0. The van der Waals surface area contributed by atoms with Gasteiger partial charge in [-0.2, -0.15) is 5.26 Å². The van der Waals surface area contributed by atoms with E-state index < -0.39 is 0 Å². The van der Waals surface area contributed by atoms with Gasteiger partial charge in [0.25, 0.3) is 0 Å². The first kappa shape index (κ1) is 13.6. The molecule has 1 aromatic carbocycles. The SMILES string of the molecule is CN(CCc1ccncc1)c1ccc(C#N)c(Br)c1. The molecule has 0 N–H and O–H groups in total. The zero-order chi connectivity index (χ0) is 13.7. The number of likely N-dealkylation sites (N-methyl/N-ethyl adjacent to an activating group) is 1. The summed E-state index contributed by atoms with van der Waals surface area (Å²) in [5, 5.41) is 8.90. The number of halogens is 1. The molecule has 0 unspecified atom stereocenters. The molecule has 2 aromatic rings. The molecule has 0 bridgehead atoms. The van der Waals surface area contributed by atoms with Gasteiger partial charge in [0.05, 0.1) is 5.56 Å². The van der Waals surface area contributed by atoms with E-state index in [4.69, 9.17) is 5.26 Å². The molecule has 0 aliphatic carbocycles. The molecule has 0 aliphatic heterocycles. The van der Waals surface area contributed by atoms with Crippen LogP contribution in [-0.2, 0) is 6.42 Å². The summed E-state index contributed by atoms with van der Waals surface area (Å²) in [7, 11) is 2.05. The number of nitrogens with zero attached hydrogens (tertiary/aromatic N) is 3. The Morgan fingerprint density at radius 2 is 2.00 bits per heavy atom. The second-order valence-electron chi connectivity index (χ2n) is 4.30. The molecule has 4 heteroatoms. The highest BCUT2D eigenvalue weighted by molar-refractivity contribution is 9.10. The van der Waals surface area contributed by atoms with Crippen LogP contribution in [0.3, 0.4) is 0 Å². The van der Waals surface area contributed by atoms with Gasteiger partial charge in [0.15, 0.2) is 0 Å². The molecule has 3 nitrogen and oxygen atoms in total. The molecule has 1 heterocycles. The third-order valence-corrected chi connectivity index (χ3v) is 3.66. The highest BCUT2D eigenvalue weighted by Gasteiger charge is 2.05. The van der Waals surface area contributed by atoms with Gasteiger partial charge in [0.2, 0.25) is 0 Å². The summed E-state index contributed by atoms with van der Waals surface area (Å²) >= 11 is 3.41. The fourth-order valence-corrected chi connectivity index (χ4v) is 2.26. The van der Waals surface area contributed by atoms with Gasteiger partial charge in [-0.15, -0.1) is 0 Å². The monoisotopic (exact) mass is 315 g/mol. The van der Waals surface area contributed by atoms with Crippen molar-refractivity contribution < 1.29 is 0 Å². The van der Waals surface area contributed by atoms with Crippen LogP contribution in [0.4, 0.5) is 5.69 Å².